The van der Waals surface area contributed by atoms with Gasteiger partial charge in [0.05, 0.1) is 0 Å². The molecule has 0 amide bonds. The molecule has 100 valence electrons. The summed E-state index contributed by atoms with van der Waals surface area (Å²) in [6.45, 7) is 1.73. The zero-order chi connectivity index (χ0) is 13.8. The van der Waals surface area contributed by atoms with Crippen LogP contribution in [-0.2, 0) is 0 Å². The highest BCUT2D eigenvalue weighted by Gasteiger charge is 2.13. The van der Waals surface area contributed by atoms with E-state index in [1.54, 1.807) is 12.1 Å². The fourth-order valence-corrected chi connectivity index (χ4v) is 1.81. The second-order valence-corrected chi connectivity index (χ2v) is 4.24. The molecule has 2 aromatic carbocycles. The number of ether oxygens (including phenoxy) is 1. The van der Waals surface area contributed by atoms with Gasteiger partial charge < -0.3 is 9.84 Å². The van der Waals surface area contributed by atoms with E-state index in [-0.39, 0.29) is 12.4 Å². The third-order valence-electron chi connectivity index (χ3n) is 2.86. The summed E-state index contributed by atoms with van der Waals surface area (Å²) in [7, 11) is 0. The minimum absolute atomic E-state index is 0.134. The maximum atomic E-state index is 13.4. The average Bonchev–Trinajstić information content (AvgIpc) is 2.40. The molecule has 0 radical (unpaired) electrons. The molecule has 0 aliphatic carbocycles. The standard InChI is InChI=1S/C15H14F2O2/c1-10-5-2-3-6-11(10)13(18)9-19-14-8-4-7-12(16)15(14)17/h2-8,13,18H,9H2,1H3. The van der Waals surface area contributed by atoms with Crippen molar-refractivity contribution in [3.63, 3.8) is 0 Å². The summed E-state index contributed by atoms with van der Waals surface area (Å²) in [5.74, 6) is -2.21. The van der Waals surface area contributed by atoms with E-state index in [1.165, 1.54) is 12.1 Å². The van der Waals surface area contributed by atoms with Crippen LogP contribution >= 0.6 is 0 Å². The monoisotopic (exact) mass is 264 g/mol. The summed E-state index contributed by atoms with van der Waals surface area (Å²) < 4.78 is 31.4. The van der Waals surface area contributed by atoms with Gasteiger partial charge in [-0.3, -0.25) is 0 Å². The lowest BCUT2D eigenvalue weighted by Crippen LogP contribution is -2.11. The predicted molar refractivity (Wildman–Crippen MR) is 68.0 cm³/mol. The largest absolute Gasteiger partial charge is 0.487 e. The van der Waals surface area contributed by atoms with E-state index in [2.05, 4.69) is 0 Å². The number of benzene rings is 2. The Kier molecular flexibility index (Phi) is 4.12. The van der Waals surface area contributed by atoms with Crippen LogP contribution in [0.4, 0.5) is 8.78 Å². The van der Waals surface area contributed by atoms with Crippen molar-refractivity contribution in [2.24, 2.45) is 0 Å². The zero-order valence-electron chi connectivity index (χ0n) is 10.4. The van der Waals surface area contributed by atoms with Crippen LogP contribution in [0.15, 0.2) is 42.5 Å². The number of halogens is 2. The number of rotatable bonds is 4. The number of aliphatic hydroxyl groups excluding tert-OH is 1. The van der Waals surface area contributed by atoms with E-state index in [0.717, 1.165) is 11.6 Å². The Bertz CT molecular complexity index is 570. The van der Waals surface area contributed by atoms with Gasteiger partial charge in [0.2, 0.25) is 5.82 Å². The molecule has 0 aliphatic heterocycles. The molecule has 0 heterocycles. The van der Waals surface area contributed by atoms with Gasteiger partial charge in [0.1, 0.15) is 12.7 Å². The first-order valence-corrected chi connectivity index (χ1v) is 5.90. The third kappa shape index (κ3) is 3.09. The van der Waals surface area contributed by atoms with Crippen LogP contribution in [0.25, 0.3) is 0 Å². The summed E-state index contributed by atoms with van der Waals surface area (Å²) in [5.41, 5.74) is 1.62. The first kappa shape index (κ1) is 13.5. The van der Waals surface area contributed by atoms with Crippen LogP contribution in [0.3, 0.4) is 0 Å². The van der Waals surface area contributed by atoms with Crippen LogP contribution in [0, 0.1) is 18.6 Å². The van der Waals surface area contributed by atoms with Gasteiger partial charge in [-0.05, 0) is 30.2 Å². The van der Waals surface area contributed by atoms with Gasteiger partial charge in [0, 0.05) is 0 Å². The summed E-state index contributed by atoms with van der Waals surface area (Å²) in [6.07, 6.45) is -0.885. The van der Waals surface area contributed by atoms with Crippen molar-refractivity contribution < 1.29 is 18.6 Å². The van der Waals surface area contributed by atoms with Crippen molar-refractivity contribution in [2.45, 2.75) is 13.0 Å². The quantitative estimate of drug-likeness (QED) is 0.917. The lowest BCUT2D eigenvalue weighted by Gasteiger charge is -2.15. The molecule has 0 fully saturated rings. The Morgan fingerprint density at radius 3 is 2.58 bits per heavy atom. The summed E-state index contributed by atoms with van der Waals surface area (Å²) in [5, 5.41) is 9.98. The molecular weight excluding hydrogens is 250 g/mol. The van der Waals surface area contributed by atoms with Crippen molar-refractivity contribution >= 4 is 0 Å². The molecule has 1 N–H and O–H groups in total. The lowest BCUT2D eigenvalue weighted by molar-refractivity contribution is 0.105. The molecule has 0 saturated carbocycles. The van der Waals surface area contributed by atoms with Crippen molar-refractivity contribution in [1.82, 2.24) is 0 Å². The van der Waals surface area contributed by atoms with E-state index >= 15 is 0 Å². The fraction of sp³-hybridized carbons (Fsp3) is 0.200. The molecule has 0 bridgehead atoms. The van der Waals surface area contributed by atoms with Gasteiger partial charge >= 0.3 is 0 Å². The molecule has 2 nitrogen and oxygen atoms in total. The molecule has 2 aromatic rings. The molecule has 1 unspecified atom stereocenters. The van der Waals surface area contributed by atoms with E-state index in [4.69, 9.17) is 4.74 Å². The van der Waals surface area contributed by atoms with Crippen LogP contribution in [0.1, 0.15) is 17.2 Å². The van der Waals surface area contributed by atoms with Crippen molar-refractivity contribution in [3.8, 4) is 5.75 Å². The molecule has 4 heteroatoms. The Labute approximate surface area is 110 Å². The normalized spacial score (nSPS) is 12.2. The molecule has 0 aromatic heterocycles. The highest BCUT2D eigenvalue weighted by atomic mass is 19.2. The van der Waals surface area contributed by atoms with Crippen molar-refractivity contribution in [1.29, 1.82) is 0 Å². The molecule has 0 aliphatic rings. The van der Waals surface area contributed by atoms with Gasteiger partial charge in [-0.1, -0.05) is 30.3 Å². The van der Waals surface area contributed by atoms with E-state index in [0.29, 0.717) is 5.56 Å². The topological polar surface area (TPSA) is 29.5 Å². The Balaban J connectivity index is 2.07. The van der Waals surface area contributed by atoms with E-state index < -0.39 is 17.7 Å². The SMILES string of the molecule is Cc1ccccc1C(O)COc1cccc(F)c1F. The first-order chi connectivity index (χ1) is 9.09. The van der Waals surface area contributed by atoms with E-state index in [1.807, 2.05) is 19.1 Å². The zero-order valence-corrected chi connectivity index (χ0v) is 10.4. The maximum absolute atomic E-state index is 13.4. The van der Waals surface area contributed by atoms with Gasteiger partial charge in [0.25, 0.3) is 0 Å². The molecule has 2 rings (SSSR count). The van der Waals surface area contributed by atoms with E-state index in [9.17, 15) is 13.9 Å². The molecule has 1 atom stereocenters. The Hall–Kier alpha value is -1.94. The minimum Gasteiger partial charge on any atom is -0.487 e. The van der Waals surface area contributed by atoms with Crippen LogP contribution in [0.5, 0.6) is 5.75 Å². The van der Waals surface area contributed by atoms with Gasteiger partial charge in [-0.25, -0.2) is 4.39 Å². The molecule has 0 saturated heterocycles. The van der Waals surface area contributed by atoms with Gasteiger partial charge in [-0.15, -0.1) is 0 Å². The highest BCUT2D eigenvalue weighted by molar-refractivity contribution is 5.28. The minimum atomic E-state index is -1.04. The predicted octanol–water partition coefficient (Wildman–Crippen LogP) is 3.39. The second kappa shape index (κ2) is 5.80. The Morgan fingerprint density at radius 1 is 1.11 bits per heavy atom. The fourth-order valence-electron chi connectivity index (χ4n) is 1.81. The number of hydrogen-bond acceptors (Lipinski definition) is 2. The van der Waals surface area contributed by atoms with Crippen LogP contribution in [0.2, 0.25) is 0 Å². The number of aliphatic hydroxyl groups is 1. The number of aryl methyl sites for hydroxylation is 1. The summed E-state index contributed by atoms with van der Waals surface area (Å²) >= 11 is 0. The Morgan fingerprint density at radius 2 is 1.84 bits per heavy atom. The van der Waals surface area contributed by atoms with Crippen LogP contribution < -0.4 is 4.74 Å². The smallest absolute Gasteiger partial charge is 0.200 e. The summed E-state index contributed by atoms with van der Waals surface area (Å²) in [6, 6.07) is 11.0. The molecular formula is C15H14F2O2. The second-order valence-electron chi connectivity index (χ2n) is 4.24. The lowest BCUT2D eigenvalue weighted by atomic mass is 10.0. The number of hydrogen-bond donors (Lipinski definition) is 1. The maximum Gasteiger partial charge on any atom is 0.200 e. The highest BCUT2D eigenvalue weighted by Crippen LogP contribution is 2.22. The van der Waals surface area contributed by atoms with Gasteiger partial charge in [-0.2, -0.15) is 4.39 Å². The van der Waals surface area contributed by atoms with Crippen LogP contribution in [-0.4, -0.2) is 11.7 Å². The molecule has 0 spiro atoms. The first-order valence-electron chi connectivity index (χ1n) is 5.90. The third-order valence-corrected chi connectivity index (χ3v) is 2.86. The van der Waals surface area contributed by atoms with Crippen molar-refractivity contribution in [3.05, 3.63) is 65.2 Å². The molecule has 19 heavy (non-hydrogen) atoms. The van der Waals surface area contributed by atoms with Crippen molar-refractivity contribution in [2.75, 3.05) is 6.61 Å². The summed E-state index contributed by atoms with van der Waals surface area (Å²) in [4.78, 5) is 0. The average molecular weight is 264 g/mol. The van der Waals surface area contributed by atoms with Gasteiger partial charge in [0.15, 0.2) is 11.6 Å².